The average molecular weight is 187 g/mol. The fraction of sp³-hybridized carbons (Fsp3) is 0.0833. The summed E-state index contributed by atoms with van der Waals surface area (Å²) in [6.45, 7) is 1.31. The van der Waals surface area contributed by atoms with E-state index in [1.807, 2.05) is 0 Å². The Morgan fingerprint density at radius 3 is 1.36 bits per heavy atom. The lowest BCUT2D eigenvalue weighted by Crippen LogP contribution is -2.01. The van der Waals surface area contributed by atoms with Crippen LogP contribution in [0, 0.1) is 0 Å². The second-order valence-electron chi connectivity index (χ2n) is 2.96. The summed E-state index contributed by atoms with van der Waals surface area (Å²) < 4.78 is 0. The monoisotopic (exact) mass is 187 g/mol. The summed E-state index contributed by atoms with van der Waals surface area (Å²) in [5, 5.41) is 2.62. The molecule has 0 spiro atoms. The standard InChI is InChI=1S/C10H8.C2H5NO/c1-2-6-10-8-4-3-7-9(10)5-1;1-2(3)4/h1-8H;1H3,(H2,3,4). The summed E-state index contributed by atoms with van der Waals surface area (Å²) >= 11 is 0. The molecule has 0 saturated carbocycles. The van der Waals surface area contributed by atoms with E-state index in [1.165, 1.54) is 17.7 Å². The maximum Gasteiger partial charge on any atom is 0.214 e. The highest BCUT2D eigenvalue weighted by Crippen LogP contribution is 2.11. The first-order chi connectivity index (χ1) is 6.70. The second-order valence-corrected chi connectivity index (χ2v) is 2.96. The Morgan fingerprint density at radius 1 is 0.929 bits per heavy atom. The van der Waals surface area contributed by atoms with Crippen LogP contribution in [0.25, 0.3) is 10.8 Å². The Hall–Kier alpha value is -1.83. The highest BCUT2D eigenvalue weighted by atomic mass is 16.1. The number of primary amides is 1. The van der Waals surface area contributed by atoms with Gasteiger partial charge in [-0.3, -0.25) is 4.79 Å². The van der Waals surface area contributed by atoms with Crippen molar-refractivity contribution in [3.8, 4) is 0 Å². The molecule has 0 unspecified atom stereocenters. The van der Waals surface area contributed by atoms with Gasteiger partial charge in [0.15, 0.2) is 0 Å². The fourth-order valence-electron chi connectivity index (χ4n) is 1.13. The van der Waals surface area contributed by atoms with Crippen molar-refractivity contribution in [2.24, 2.45) is 5.73 Å². The van der Waals surface area contributed by atoms with E-state index in [1.54, 1.807) is 0 Å². The van der Waals surface area contributed by atoms with E-state index in [0.717, 1.165) is 0 Å². The summed E-state index contributed by atoms with van der Waals surface area (Å²) in [7, 11) is 0. The SMILES string of the molecule is CC(N)=O.c1ccc2ccccc2c1. The van der Waals surface area contributed by atoms with Crippen LogP contribution in [0.1, 0.15) is 6.92 Å². The molecular weight excluding hydrogens is 174 g/mol. The number of amides is 1. The van der Waals surface area contributed by atoms with Crippen molar-refractivity contribution >= 4 is 16.7 Å². The number of nitrogens with two attached hydrogens (primary N) is 1. The van der Waals surface area contributed by atoms with E-state index in [2.05, 4.69) is 54.3 Å². The highest BCUT2D eigenvalue weighted by Gasteiger charge is 1.85. The maximum atomic E-state index is 9.22. The Morgan fingerprint density at radius 2 is 1.14 bits per heavy atom. The third-order valence-corrected chi connectivity index (χ3v) is 1.66. The Bertz CT molecular complexity index is 354. The normalized spacial score (nSPS) is 8.93. The summed E-state index contributed by atoms with van der Waals surface area (Å²) in [5.74, 6) is -0.333. The van der Waals surface area contributed by atoms with Crippen LogP contribution in [-0.2, 0) is 4.79 Å². The molecule has 0 heterocycles. The van der Waals surface area contributed by atoms with E-state index < -0.39 is 0 Å². The molecule has 2 heteroatoms. The molecule has 2 nitrogen and oxygen atoms in total. The van der Waals surface area contributed by atoms with Gasteiger partial charge in [-0.05, 0) is 10.8 Å². The zero-order valence-electron chi connectivity index (χ0n) is 8.10. The summed E-state index contributed by atoms with van der Waals surface area (Å²) in [6, 6.07) is 16.7. The quantitative estimate of drug-likeness (QED) is 0.675. The average Bonchev–Trinajstić information content (AvgIpc) is 2.17. The van der Waals surface area contributed by atoms with Crippen LogP contribution < -0.4 is 5.73 Å². The van der Waals surface area contributed by atoms with Crippen LogP contribution >= 0.6 is 0 Å². The number of fused-ring (bicyclic) bond motifs is 1. The number of rotatable bonds is 0. The van der Waals surface area contributed by atoms with Crippen LogP contribution in [0.4, 0.5) is 0 Å². The van der Waals surface area contributed by atoms with Crippen LogP contribution in [0.2, 0.25) is 0 Å². The molecule has 0 aliphatic rings. The molecule has 14 heavy (non-hydrogen) atoms. The van der Waals surface area contributed by atoms with Gasteiger partial charge < -0.3 is 5.73 Å². The third-order valence-electron chi connectivity index (χ3n) is 1.66. The Labute approximate surface area is 83.4 Å². The maximum absolute atomic E-state index is 9.22. The zero-order chi connectivity index (χ0) is 10.4. The lowest BCUT2D eigenvalue weighted by Gasteiger charge is -1.92. The van der Waals surface area contributed by atoms with Crippen LogP contribution in [0.3, 0.4) is 0 Å². The molecule has 0 atom stereocenters. The first-order valence-corrected chi connectivity index (χ1v) is 4.40. The molecule has 2 N–H and O–H groups in total. The van der Waals surface area contributed by atoms with E-state index in [4.69, 9.17) is 0 Å². The van der Waals surface area contributed by atoms with Crippen LogP contribution in [0.5, 0.6) is 0 Å². The molecule has 1 amide bonds. The van der Waals surface area contributed by atoms with Gasteiger partial charge in [-0.15, -0.1) is 0 Å². The van der Waals surface area contributed by atoms with Gasteiger partial charge >= 0.3 is 0 Å². The van der Waals surface area contributed by atoms with E-state index in [0.29, 0.717) is 0 Å². The first-order valence-electron chi connectivity index (χ1n) is 4.40. The highest BCUT2D eigenvalue weighted by molar-refractivity contribution is 5.81. The van der Waals surface area contributed by atoms with Crippen LogP contribution in [-0.4, -0.2) is 5.91 Å². The largest absolute Gasteiger partial charge is 0.370 e. The predicted molar refractivity (Wildman–Crippen MR) is 58.8 cm³/mol. The molecule has 2 aromatic carbocycles. The van der Waals surface area contributed by atoms with Crippen molar-refractivity contribution < 1.29 is 4.79 Å². The number of benzene rings is 2. The fourth-order valence-corrected chi connectivity index (χ4v) is 1.13. The molecule has 2 rings (SSSR count). The summed E-state index contributed by atoms with van der Waals surface area (Å²) in [6.07, 6.45) is 0. The van der Waals surface area contributed by atoms with Crippen LogP contribution in [0.15, 0.2) is 48.5 Å². The molecule has 72 valence electrons. The molecule has 0 aromatic heterocycles. The minimum absolute atomic E-state index is 0.333. The second kappa shape index (κ2) is 5.02. The smallest absolute Gasteiger partial charge is 0.214 e. The topological polar surface area (TPSA) is 43.1 Å². The molecular formula is C12H13NO. The third kappa shape index (κ3) is 3.27. The van der Waals surface area contributed by atoms with Crippen molar-refractivity contribution in [2.75, 3.05) is 0 Å². The summed E-state index contributed by atoms with van der Waals surface area (Å²) in [5.41, 5.74) is 4.47. The number of carbonyl (C=O) groups excluding carboxylic acids is 1. The number of hydrogen-bond donors (Lipinski definition) is 1. The molecule has 0 bridgehead atoms. The van der Waals surface area contributed by atoms with Gasteiger partial charge in [0.05, 0.1) is 0 Å². The van der Waals surface area contributed by atoms with Gasteiger partial charge in [0.25, 0.3) is 0 Å². The predicted octanol–water partition coefficient (Wildman–Crippen LogP) is 2.33. The molecule has 0 aliphatic carbocycles. The molecule has 0 saturated heterocycles. The van der Waals surface area contributed by atoms with Crippen molar-refractivity contribution in [3.05, 3.63) is 48.5 Å². The van der Waals surface area contributed by atoms with Gasteiger partial charge in [0.2, 0.25) is 5.91 Å². The van der Waals surface area contributed by atoms with E-state index in [9.17, 15) is 4.79 Å². The number of hydrogen-bond acceptors (Lipinski definition) is 1. The minimum atomic E-state index is -0.333. The lowest BCUT2D eigenvalue weighted by atomic mass is 10.1. The van der Waals surface area contributed by atoms with Gasteiger partial charge in [-0.25, -0.2) is 0 Å². The molecule has 2 aromatic rings. The van der Waals surface area contributed by atoms with Crippen molar-refractivity contribution in [3.63, 3.8) is 0 Å². The number of carbonyl (C=O) groups is 1. The van der Waals surface area contributed by atoms with E-state index in [-0.39, 0.29) is 5.91 Å². The van der Waals surface area contributed by atoms with Gasteiger partial charge in [0, 0.05) is 6.92 Å². The lowest BCUT2D eigenvalue weighted by molar-refractivity contribution is -0.115. The Balaban J connectivity index is 0.000000213. The molecule has 0 fully saturated rings. The molecule has 0 radical (unpaired) electrons. The van der Waals surface area contributed by atoms with E-state index >= 15 is 0 Å². The first kappa shape index (κ1) is 10.3. The van der Waals surface area contributed by atoms with Crippen molar-refractivity contribution in [1.29, 1.82) is 0 Å². The minimum Gasteiger partial charge on any atom is -0.370 e. The Kier molecular flexibility index (Phi) is 3.68. The zero-order valence-corrected chi connectivity index (χ0v) is 8.10. The van der Waals surface area contributed by atoms with Crippen molar-refractivity contribution in [2.45, 2.75) is 6.92 Å². The summed E-state index contributed by atoms with van der Waals surface area (Å²) in [4.78, 5) is 9.22. The van der Waals surface area contributed by atoms with Gasteiger partial charge in [-0.1, -0.05) is 48.5 Å². The van der Waals surface area contributed by atoms with Gasteiger partial charge in [-0.2, -0.15) is 0 Å². The van der Waals surface area contributed by atoms with Gasteiger partial charge in [0.1, 0.15) is 0 Å². The van der Waals surface area contributed by atoms with Crippen molar-refractivity contribution in [1.82, 2.24) is 0 Å². The molecule has 0 aliphatic heterocycles.